The van der Waals surface area contributed by atoms with Crippen LogP contribution >= 0.6 is 0 Å². The van der Waals surface area contributed by atoms with E-state index in [1.54, 1.807) is 17.9 Å². The number of hydrogen-bond donors (Lipinski definition) is 1. The van der Waals surface area contributed by atoms with Crippen molar-refractivity contribution in [1.82, 2.24) is 10.1 Å². The normalized spacial score (nSPS) is 10.7. The Kier molecular flexibility index (Phi) is 6.21. The van der Waals surface area contributed by atoms with Gasteiger partial charge in [0.2, 0.25) is 11.8 Å². The average Bonchev–Trinajstić information content (AvgIpc) is 2.82. The third-order valence-corrected chi connectivity index (χ3v) is 3.26. The van der Waals surface area contributed by atoms with Crippen LogP contribution in [0.25, 0.3) is 0 Å². The Morgan fingerprint density at radius 2 is 2.00 bits per heavy atom. The van der Waals surface area contributed by atoms with Crippen LogP contribution in [0.2, 0.25) is 0 Å². The van der Waals surface area contributed by atoms with Gasteiger partial charge in [-0.1, -0.05) is 19.0 Å². The molecular weight excluding hydrogens is 258 g/mol. The van der Waals surface area contributed by atoms with Crippen LogP contribution in [0.4, 0.5) is 5.82 Å². The minimum atomic E-state index is -0.264. The van der Waals surface area contributed by atoms with E-state index in [9.17, 15) is 9.59 Å². The number of hydrogen-bond acceptors (Lipinski definition) is 4. The van der Waals surface area contributed by atoms with Crippen LogP contribution in [0.1, 0.15) is 39.4 Å². The number of rotatable bonds is 7. The Balaban J connectivity index is 2.59. The summed E-state index contributed by atoms with van der Waals surface area (Å²) in [5.41, 5.74) is 0. The van der Waals surface area contributed by atoms with Crippen molar-refractivity contribution in [2.24, 2.45) is 5.92 Å². The Morgan fingerprint density at radius 1 is 1.35 bits per heavy atom. The number of likely N-dealkylation sites (N-methyl/N-ethyl adjacent to an activating group) is 1. The minimum absolute atomic E-state index is 0.0166. The van der Waals surface area contributed by atoms with E-state index in [2.05, 4.69) is 10.5 Å². The molecule has 2 amide bonds. The van der Waals surface area contributed by atoms with E-state index < -0.39 is 0 Å². The first kappa shape index (κ1) is 16.2. The molecule has 0 aliphatic carbocycles. The van der Waals surface area contributed by atoms with Crippen LogP contribution in [0.5, 0.6) is 0 Å². The third kappa shape index (κ3) is 4.36. The first-order valence-corrected chi connectivity index (χ1v) is 7.03. The molecule has 0 aliphatic heterocycles. The molecular formula is C14H23N3O3. The molecule has 0 atom stereocenters. The lowest BCUT2D eigenvalue weighted by Crippen LogP contribution is -2.41. The smallest absolute Gasteiger partial charge is 0.245 e. The summed E-state index contributed by atoms with van der Waals surface area (Å²) in [5.74, 6) is 0.750. The number of aromatic nitrogens is 1. The number of amides is 2. The fourth-order valence-electron chi connectivity index (χ4n) is 2.02. The van der Waals surface area contributed by atoms with Crippen molar-refractivity contribution >= 4 is 17.6 Å². The highest BCUT2D eigenvalue weighted by molar-refractivity contribution is 5.94. The Bertz CT molecular complexity index is 452. The predicted molar refractivity (Wildman–Crippen MR) is 76.2 cm³/mol. The number of carbonyl (C=O) groups is 2. The number of carbonyl (C=O) groups excluding carboxylic acids is 2. The lowest BCUT2D eigenvalue weighted by atomic mass is 10.0. The zero-order valence-electron chi connectivity index (χ0n) is 12.6. The zero-order chi connectivity index (χ0) is 15.1. The highest BCUT2D eigenvalue weighted by atomic mass is 16.5. The SMILES string of the molecule is CCC(CC)C(=O)N(CC)CC(=O)Nc1cc(C)on1. The summed E-state index contributed by atoms with van der Waals surface area (Å²) in [6, 6.07) is 1.64. The molecule has 0 saturated heterocycles. The molecule has 0 aromatic carbocycles. The lowest BCUT2D eigenvalue weighted by molar-refractivity contribution is -0.138. The monoisotopic (exact) mass is 281 g/mol. The van der Waals surface area contributed by atoms with Gasteiger partial charge >= 0.3 is 0 Å². The summed E-state index contributed by atoms with van der Waals surface area (Å²) in [7, 11) is 0. The maximum atomic E-state index is 12.2. The fourth-order valence-corrected chi connectivity index (χ4v) is 2.02. The zero-order valence-corrected chi connectivity index (χ0v) is 12.6. The predicted octanol–water partition coefficient (Wildman–Crippen LogP) is 2.21. The topological polar surface area (TPSA) is 75.4 Å². The summed E-state index contributed by atoms with van der Waals surface area (Å²) in [4.78, 5) is 25.7. The molecule has 0 bridgehead atoms. The van der Waals surface area contributed by atoms with Crippen molar-refractivity contribution in [2.45, 2.75) is 40.5 Å². The second-order valence-electron chi connectivity index (χ2n) is 4.74. The van der Waals surface area contributed by atoms with Gasteiger partial charge < -0.3 is 14.7 Å². The highest BCUT2D eigenvalue weighted by Gasteiger charge is 2.22. The van der Waals surface area contributed by atoms with E-state index in [1.807, 2.05) is 20.8 Å². The van der Waals surface area contributed by atoms with Crippen molar-refractivity contribution in [3.63, 3.8) is 0 Å². The second-order valence-corrected chi connectivity index (χ2v) is 4.74. The largest absolute Gasteiger partial charge is 0.360 e. The van der Waals surface area contributed by atoms with E-state index >= 15 is 0 Å². The van der Waals surface area contributed by atoms with E-state index in [1.165, 1.54) is 0 Å². The van der Waals surface area contributed by atoms with Gasteiger partial charge in [-0.15, -0.1) is 0 Å². The van der Waals surface area contributed by atoms with Crippen molar-refractivity contribution in [3.8, 4) is 0 Å². The molecule has 1 N–H and O–H groups in total. The highest BCUT2D eigenvalue weighted by Crippen LogP contribution is 2.12. The molecule has 1 aromatic rings. The fraction of sp³-hybridized carbons (Fsp3) is 0.643. The summed E-state index contributed by atoms with van der Waals surface area (Å²) in [5, 5.41) is 6.31. The first-order chi connectivity index (χ1) is 9.51. The maximum Gasteiger partial charge on any atom is 0.245 e. The third-order valence-electron chi connectivity index (χ3n) is 3.26. The van der Waals surface area contributed by atoms with Crippen LogP contribution in [-0.4, -0.2) is 35.0 Å². The number of anilines is 1. The van der Waals surface area contributed by atoms with Crippen LogP contribution in [0.15, 0.2) is 10.6 Å². The Morgan fingerprint density at radius 3 is 2.45 bits per heavy atom. The van der Waals surface area contributed by atoms with E-state index in [0.29, 0.717) is 18.1 Å². The van der Waals surface area contributed by atoms with Crippen LogP contribution in [-0.2, 0) is 9.59 Å². The summed E-state index contributed by atoms with van der Waals surface area (Å²) >= 11 is 0. The molecule has 20 heavy (non-hydrogen) atoms. The molecule has 1 rings (SSSR count). The van der Waals surface area contributed by atoms with Gasteiger partial charge in [-0.2, -0.15) is 0 Å². The molecule has 1 heterocycles. The maximum absolute atomic E-state index is 12.2. The van der Waals surface area contributed by atoms with Gasteiger partial charge in [0.1, 0.15) is 5.76 Å². The molecule has 0 aliphatic rings. The minimum Gasteiger partial charge on any atom is -0.360 e. The number of aryl methyl sites for hydroxylation is 1. The summed E-state index contributed by atoms with van der Waals surface area (Å²) in [6.45, 7) is 8.14. The molecule has 0 unspecified atom stereocenters. The van der Waals surface area contributed by atoms with E-state index in [0.717, 1.165) is 12.8 Å². The van der Waals surface area contributed by atoms with Crippen molar-refractivity contribution in [1.29, 1.82) is 0 Å². The number of nitrogens with one attached hydrogen (secondary N) is 1. The standard InChI is InChI=1S/C14H23N3O3/c1-5-11(6-2)14(19)17(7-3)9-13(18)15-12-8-10(4)20-16-12/h8,11H,5-7,9H2,1-4H3,(H,15,16,18). The Labute approximate surface area is 119 Å². The van der Waals surface area contributed by atoms with Crippen molar-refractivity contribution in [2.75, 3.05) is 18.4 Å². The molecule has 0 fully saturated rings. The molecule has 1 aromatic heterocycles. The molecule has 0 radical (unpaired) electrons. The van der Waals surface area contributed by atoms with Gasteiger partial charge in [0, 0.05) is 18.5 Å². The van der Waals surface area contributed by atoms with Crippen LogP contribution in [0.3, 0.4) is 0 Å². The summed E-state index contributed by atoms with van der Waals surface area (Å²) < 4.78 is 4.87. The van der Waals surface area contributed by atoms with Gasteiger partial charge in [0.05, 0.1) is 6.54 Å². The molecule has 6 heteroatoms. The first-order valence-electron chi connectivity index (χ1n) is 7.03. The van der Waals surface area contributed by atoms with E-state index in [4.69, 9.17) is 4.52 Å². The van der Waals surface area contributed by atoms with Gasteiger partial charge in [0.25, 0.3) is 0 Å². The second kappa shape index (κ2) is 7.67. The molecule has 0 saturated carbocycles. The Hall–Kier alpha value is -1.85. The average molecular weight is 281 g/mol. The van der Waals surface area contributed by atoms with Gasteiger partial charge in [-0.25, -0.2) is 0 Å². The summed E-state index contributed by atoms with van der Waals surface area (Å²) in [6.07, 6.45) is 1.58. The quantitative estimate of drug-likeness (QED) is 0.831. The van der Waals surface area contributed by atoms with E-state index in [-0.39, 0.29) is 24.3 Å². The van der Waals surface area contributed by atoms with Crippen LogP contribution < -0.4 is 5.32 Å². The van der Waals surface area contributed by atoms with Crippen molar-refractivity contribution in [3.05, 3.63) is 11.8 Å². The van der Waals surface area contributed by atoms with Crippen molar-refractivity contribution < 1.29 is 14.1 Å². The van der Waals surface area contributed by atoms with Gasteiger partial charge in [-0.05, 0) is 26.7 Å². The molecule has 6 nitrogen and oxygen atoms in total. The lowest BCUT2D eigenvalue weighted by Gasteiger charge is -2.24. The van der Waals surface area contributed by atoms with Gasteiger partial charge in [-0.3, -0.25) is 9.59 Å². The van der Waals surface area contributed by atoms with Gasteiger partial charge in [0.15, 0.2) is 5.82 Å². The van der Waals surface area contributed by atoms with Crippen LogP contribution in [0, 0.1) is 12.8 Å². The molecule has 0 spiro atoms. The molecule has 112 valence electrons. The number of nitrogens with zero attached hydrogens (tertiary/aromatic N) is 2.